The molecule has 0 atom stereocenters. The molecule has 2 aromatic carbocycles. The van der Waals surface area contributed by atoms with Crippen molar-refractivity contribution >= 4 is 24.3 Å². The molecule has 30 heavy (non-hydrogen) atoms. The Balaban J connectivity index is 1.65. The van der Waals surface area contributed by atoms with Gasteiger partial charge in [0, 0.05) is 11.4 Å². The van der Waals surface area contributed by atoms with Gasteiger partial charge < -0.3 is 0 Å². The highest BCUT2D eigenvalue weighted by atomic mass is 14.8. The molecule has 0 saturated carbocycles. The van der Waals surface area contributed by atoms with Crippen LogP contribution in [0.25, 0.3) is 35.7 Å². The van der Waals surface area contributed by atoms with Crippen molar-refractivity contribution in [2.24, 2.45) is 0 Å². The van der Waals surface area contributed by atoms with Gasteiger partial charge in [-0.3, -0.25) is 9.97 Å². The van der Waals surface area contributed by atoms with Crippen molar-refractivity contribution in [2.75, 3.05) is 0 Å². The van der Waals surface area contributed by atoms with Crippen LogP contribution in [-0.2, 0) is 0 Å². The first-order valence-corrected chi connectivity index (χ1v) is 10.1. The van der Waals surface area contributed by atoms with Gasteiger partial charge in [-0.15, -0.1) is 0 Å². The van der Waals surface area contributed by atoms with Crippen molar-refractivity contribution in [3.05, 3.63) is 119 Å². The van der Waals surface area contributed by atoms with Gasteiger partial charge in [-0.2, -0.15) is 0 Å². The molecule has 2 heteroatoms. The fourth-order valence-electron chi connectivity index (χ4n) is 3.36. The van der Waals surface area contributed by atoms with E-state index < -0.39 is 0 Å². The molecule has 4 rings (SSSR count). The van der Waals surface area contributed by atoms with Gasteiger partial charge in [-0.05, 0) is 60.4 Å². The Labute approximate surface area is 178 Å². The predicted molar refractivity (Wildman–Crippen MR) is 128 cm³/mol. The average molecular weight is 389 g/mol. The number of aromatic nitrogens is 2. The van der Waals surface area contributed by atoms with E-state index in [1.807, 2.05) is 50.2 Å². The summed E-state index contributed by atoms with van der Waals surface area (Å²) in [5, 5.41) is 0. The van der Waals surface area contributed by atoms with Gasteiger partial charge in [-0.1, -0.05) is 85.0 Å². The molecule has 2 heterocycles. The molecule has 0 amide bonds. The van der Waals surface area contributed by atoms with Gasteiger partial charge in [-0.25, -0.2) is 0 Å². The van der Waals surface area contributed by atoms with Crippen molar-refractivity contribution < 1.29 is 0 Å². The molecule has 2 aromatic heterocycles. The summed E-state index contributed by atoms with van der Waals surface area (Å²) >= 11 is 0. The van der Waals surface area contributed by atoms with Gasteiger partial charge in [0.25, 0.3) is 0 Å². The maximum atomic E-state index is 4.74. The first kappa shape index (κ1) is 19.5. The van der Waals surface area contributed by atoms with Crippen molar-refractivity contribution in [2.45, 2.75) is 13.8 Å². The van der Waals surface area contributed by atoms with Crippen LogP contribution in [0.1, 0.15) is 33.6 Å². The molecule has 4 aromatic rings. The molecule has 0 unspecified atom stereocenters. The standard InChI is InChI=1S/C28H24N2/c1-21-17-25(15-13-23-9-5-3-6-10-23)19-27(29-21)28-20-26(18-22(2)30-28)16-14-24-11-7-4-8-12-24/h3-20H,1-2H3. The van der Waals surface area contributed by atoms with E-state index in [9.17, 15) is 0 Å². The Morgan fingerprint density at radius 1 is 0.467 bits per heavy atom. The lowest BCUT2D eigenvalue weighted by Gasteiger charge is -2.07. The van der Waals surface area contributed by atoms with Gasteiger partial charge in [0.1, 0.15) is 0 Å². The van der Waals surface area contributed by atoms with E-state index in [0.29, 0.717) is 0 Å². The number of nitrogens with zero attached hydrogens (tertiary/aromatic N) is 2. The maximum absolute atomic E-state index is 4.74. The van der Waals surface area contributed by atoms with E-state index in [1.54, 1.807) is 0 Å². The summed E-state index contributed by atoms with van der Waals surface area (Å²) in [7, 11) is 0. The van der Waals surface area contributed by atoms with E-state index in [1.165, 1.54) is 11.1 Å². The van der Waals surface area contributed by atoms with Gasteiger partial charge >= 0.3 is 0 Å². The minimum absolute atomic E-state index is 0.890. The quantitative estimate of drug-likeness (QED) is 0.364. The lowest BCUT2D eigenvalue weighted by atomic mass is 10.1. The van der Waals surface area contributed by atoms with E-state index >= 15 is 0 Å². The molecule has 2 nitrogen and oxygen atoms in total. The van der Waals surface area contributed by atoms with E-state index in [-0.39, 0.29) is 0 Å². The zero-order valence-corrected chi connectivity index (χ0v) is 17.3. The van der Waals surface area contributed by atoms with E-state index in [4.69, 9.17) is 9.97 Å². The Bertz CT molecular complexity index is 1090. The summed E-state index contributed by atoms with van der Waals surface area (Å²) in [6.45, 7) is 4.05. The largest absolute Gasteiger partial charge is 0.251 e. The molecule has 0 bridgehead atoms. The molecule has 0 fully saturated rings. The van der Waals surface area contributed by atoms with Crippen LogP contribution in [0.15, 0.2) is 84.9 Å². The van der Waals surface area contributed by atoms with Gasteiger partial charge in [0.15, 0.2) is 0 Å². The highest BCUT2D eigenvalue weighted by Crippen LogP contribution is 2.22. The van der Waals surface area contributed by atoms with Crippen LogP contribution in [0.4, 0.5) is 0 Å². The Morgan fingerprint density at radius 3 is 1.23 bits per heavy atom. The monoisotopic (exact) mass is 388 g/mol. The molecular weight excluding hydrogens is 364 g/mol. The molecule has 0 N–H and O–H groups in total. The molecule has 0 aliphatic carbocycles. The number of hydrogen-bond acceptors (Lipinski definition) is 2. The van der Waals surface area contributed by atoms with Crippen molar-refractivity contribution in [1.82, 2.24) is 9.97 Å². The zero-order valence-electron chi connectivity index (χ0n) is 17.3. The first-order chi connectivity index (χ1) is 14.7. The zero-order chi connectivity index (χ0) is 20.8. The second kappa shape index (κ2) is 9.15. The molecule has 0 spiro atoms. The van der Waals surface area contributed by atoms with E-state index in [2.05, 4.69) is 72.8 Å². The lowest BCUT2D eigenvalue weighted by molar-refractivity contribution is 1.14. The van der Waals surface area contributed by atoms with Crippen LogP contribution in [0.3, 0.4) is 0 Å². The SMILES string of the molecule is Cc1cc(C=Cc2ccccc2)cc(-c2cc(C=Cc3ccccc3)cc(C)n2)n1. The number of benzene rings is 2. The van der Waals surface area contributed by atoms with Crippen LogP contribution in [0.5, 0.6) is 0 Å². The molecule has 0 saturated heterocycles. The molecule has 0 aliphatic heterocycles. The van der Waals surface area contributed by atoms with Crippen molar-refractivity contribution in [3.63, 3.8) is 0 Å². The molecule has 0 aliphatic rings. The summed E-state index contributed by atoms with van der Waals surface area (Å²) < 4.78 is 0. The van der Waals surface area contributed by atoms with Gasteiger partial charge in [0.2, 0.25) is 0 Å². The van der Waals surface area contributed by atoms with Crippen molar-refractivity contribution in [1.29, 1.82) is 0 Å². The summed E-state index contributed by atoms with van der Waals surface area (Å²) in [5.41, 5.74) is 8.32. The predicted octanol–water partition coefficient (Wildman–Crippen LogP) is 7.10. The van der Waals surface area contributed by atoms with Gasteiger partial charge in [0.05, 0.1) is 11.4 Å². The van der Waals surface area contributed by atoms with E-state index in [0.717, 1.165) is 33.9 Å². The number of pyridine rings is 2. The van der Waals surface area contributed by atoms with Crippen molar-refractivity contribution in [3.8, 4) is 11.4 Å². The average Bonchev–Trinajstić information content (AvgIpc) is 2.77. The highest BCUT2D eigenvalue weighted by molar-refractivity contribution is 5.74. The highest BCUT2D eigenvalue weighted by Gasteiger charge is 2.06. The Kier molecular flexibility index (Phi) is 5.95. The minimum Gasteiger partial charge on any atom is -0.251 e. The second-order valence-corrected chi connectivity index (χ2v) is 7.34. The molecular formula is C28H24N2. The third-order valence-electron chi connectivity index (χ3n) is 4.75. The molecule has 0 radical (unpaired) electrons. The number of hydrogen-bond donors (Lipinski definition) is 0. The minimum atomic E-state index is 0.890. The van der Waals surface area contributed by atoms with Crippen LogP contribution in [0, 0.1) is 13.8 Å². The lowest BCUT2D eigenvalue weighted by Crippen LogP contribution is -1.94. The summed E-state index contributed by atoms with van der Waals surface area (Å²) in [6.07, 6.45) is 8.49. The maximum Gasteiger partial charge on any atom is 0.0895 e. The third kappa shape index (κ3) is 5.18. The fourth-order valence-corrected chi connectivity index (χ4v) is 3.36. The summed E-state index contributed by atoms with van der Waals surface area (Å²) in [4.78, 5) is 9.48. The fraction of sp³-hybridized carbons (Fsp3) is 0.0714. The molecule has 146 valence electrons. The Morgan fingerprint density at radius 2 is 0.833 bits per heavy atom. The number of aryl methyl sites for hydroxylation is 2. The van der Waals surface area contributed by atoms with Crippen LogP contribution < -0.4 is 0 Å². The first-order valence-electron chi connectivity index (χ1n) is 10.1. The van der Waals surface area contributed by atoms with Crippen LogP contribution >= 0.6 is 0 Å². The Hall–Kier alpha value is -3.78. The number of rotatable bonds is 5. The third-order valence-corrected chi connectivity index (χ3v) is 4.75. The van der Waals surface area contributed by atoms with Crippen LogP contribution in [-0.4, -0.2) is 9.97 Å². The summed E-state index contributed by atoms with van der Waals surface area (Å²) in [6, 6.07) is 29.0. The topological polar surface area (TPSA) is 25.8 Å². The smallest absolute Gasteiger partial charge is 0.0895 e. The second-order valence-electron chi connectivity index (χ2n) is 7.34. The summed E-state index contributed by atoms with van der Waals surface area (Å²) in [5.74, 6) is 0. The normalized spacial score (nSPS) is 11.4. The van der Waals surface area contributed by atoms with Crippen LogP contribution in [0.2, 0.25) is 0 Å².